The second kappa shape index (κ2) is 5.56. The van der Waals surface area contributed by atoms with E-state index in [4.69, 9.17) is 11.6 Å². The van der Waals surface area contributed by atoms with Crippen LogP contribution in [0, 0.1) is 0 Å². The SMILES string of the molecule is CCn1cc(CNc2ccc(Cl)cc2Br)cn1. The number of hydrogen-bond acceptors (Lipinski definition) is 2. The van der Waals surface area contributed by atoms with Crippen LogP contribution < -0.4 is 5.32 Å². The molecule has 3 nitrogen and oxygen atoms in total. The van der Waals surface area contributed by atoms with Crippen LogP contribution in [0.3, 0.4) is 0 Å². The highest BCUT2D eigenvalue weighted by Gasteiger charge is 2.01. The zero-order valence-electron chi connectivity index (χ0n) is 9.45. The van der Waals surface area contributed by atoms with Crippen molar-refractivity contribution in [3.05, 3.63) is 45.7 Å². The molecule has 1 aromatic heterocycles. The summed E-state index contributed by atoms with van der Waals surface area (Å²) in [5.41, 5.74) is 2.19. The maximum Gasteiger partial charge on any atom is 0.0539 e. The van der Waals surface area contributed by atoms with E-state index in [0.29, 0.717) is 0 Å². The highest BCUT2D eigenvalue weighted by atomic mass is 79.9. The Morgan fingerprint density at radius 2 is 2.29 bits per heavy atom. The number of nitrogens with one attached hydrogen (secondary N) is 1. The van der Waals surface area contributed by atoms with E-state index >= 15 is 0 Å². The van der Waals surface area contributed by atoms with Gasteiger partial charge in [0.05, 0.1) is 6.20 Å². The molecule has 0 unspecified atom stereocenters. The van der Waals surface area contributed by atoms with Crippen molar-refractivity contribution in [3.8, 4) is 0 Å². The van der Waals surface area contributed by atoms with E-state index < -0.39 is 0 Å². The summed E-state index contributed by atoms with van der Waals surface area (Å²) in [6.45, 7) is 3.71. The lowest BCUT2D eigenvalue weighted by atomic mass is 10.3. The third-order valence-electron chi connectivity index (χ3n) is 2.42. The number of aryl methyl sites for hydroxylation is 1. The topological polar surface area (TPSA) is 29.9 Å². The minimum absolute atomic E-state index is 0.723. The quantitative estimate of drug-likeness (QED) is 0.926. The molecule has 17 heavy (non-hydrogen) atoms. The summed E-state index contributed by atoms with van der Waals surface area (Å²) in [5, 5.41) is 8.29. The maximum absolute atomic E-state index is 5.89. The van der Waals surface area contributed by atoms with Crippen LogP contribution >= 0.6 is 27.5 Å². The Kier molecular flexibility index (Phi) is 4.07. The molecule has 0 saturated carbocycles. The molecule has 0 saturated heterocycles. The number of hydrogen-bond donors (Lipinski definition) is 1. The lowest BCUT2D eigenvalue weighted by Crippen LogP contribution is -1.99. The van der Waals surface area contributed by atoms with Gasteiger partial charge in [-0.05, 0) is 41.1 Å². The molecule has 0 radical (unpaired) electrons. The summed E-state index contributed by atoms with van der Waals surface area (Å²) in [6.07, 6.45) is 3.91. The fraction of sp³-hybridized carbons (Fsp3) is 0.250. The predicted molar refractivity (Wildman–Crippen MR) is 74.4 cm³/mol. The zero-order valence-corrected chi connectivity index (χ0v) is 11.8. The Morgan fingerprint density at radius 1 is 1.47 bits per heavy atom. The molecule has 1 heterocycles. The molecular weight excluding hydrogens is 302 g/mol. The Balaban J connectivity index is 2.02. The molecule has 0 aliphatic heterocycles. The van der Waals surface area contributed by atoms with Gasteiger partial charge in [0, 0.05) is 40.0 Å². The van der Waals surface area contributed by atoms with Crippen LogP contribution in [-0.2, 0) is 13.1 Å². The van der Waals surface area contributed by atoms with Gasteiger partial charge in [-0.15, -0.1) is 0 Å². The van der Waals surface area contributed by atoms with E-state index in [1.165, 1.54) is 0 Å². The second-order valence-corrected chi connectivity index (χ2v) is 4.97. The molecule has 1 aromatic carbocycles. The fourth-order valence-corrected chi connectivity index (χ4v) is 2.32. The molecule has 90 valence electrons. The molecular formula is C12H13BrClN3. The van der Waals surface area contributed by atoms with Crippen LogP contribution in [0.5, 0.6) is 0 Å². The van der Waals surface area contributed by atoms with E-state index in [-0.39, 0.29) is 0 Å². The monoisotopic (exact) mass is 313 g/mol. The van der Waals surface area contributed by atoms with Crippen LogP contribution in [0.1, 0.15) is 12.5 Å². The number of rotatable bonds is 4. The minimum atomic E-state index is 0.723. The van der Waals surface area contributed by atoms with E-state index in [1.54, 1.807) is 0 Å². The minimum Gasteiger partial charge on any atom is -0.380 e. The van der Waals surface area contributed by atoms with E-state index in [0.717, 1.165) is 33.8 Å². The first-order chi connectivity index (χ1) is 8.19. The highest BCUT2D eigenvalue weighted by molar-refractivity contribution is 9.10. The molecule has 1 N–H and O–H groups in total. The van der Waals surface area contributed by atoms with Crippen molar-refractivity contribution in [1.82, 2.24) is 9.78 Å². The van der Waals surface area contributed by atoms with Crippen molar-refractivity contribution in [2.24, 2.45) is 0 Å². The van der Waals surface area contributed by atoms with Gasteiger partial charge in [0.25, 0.3) is 0 Å². The molecule has 2 rings (SSSR count). The molecule has 0 bridgehead atoms. The van der Waals surface area contributed by atoms with Crippen LogP contribution in [0.25, 0.3) is 0 Å². The fourth-order valence-electron chi connectivity index (χ4n) is 1.50. The Hall–Kier alpha value is -1.00. The Morgan fingerprint density at radius 3 is 2.94 bits per heavy atom. The number of benzene rings is 1. The van der Waals surface area contributed by atoms with E-state index in [2.05, 4.69) is 33.3 Å². The van der Waals surface area contributed by atoms with E-state index in [1.807, 2.05) is 35.3 Å². The summed E-state index contributed by atoms with van der Waals surface area (Å²) in [7, 11) is 0. The molecule has 0 atom stereocenters. The van der Waals surface area contributed by atoms with Crippen molar-refractivity contribution in [3.63, 3.8) is 0 Å². The van der Waals surface area contributed by atoms with Gasteiger partial charge in [-0.2, -0.15) is 5.10 Å². The van der Waals surface area contributed by atoms with Crippen LogP contribution in [-0.4, -0.2) is 9.78 Å². The number of halogens is 2. The molecule has 0 spiro atoms. The number of aromatic nitrogens is 2. The van der Waals surface area contributed by atoms with Crippen LogP contribution in [0.15, 0.2) is 35.1 Å². The Labute approximate surface area is 114 Å². The molecule has 0 aliphatic carbocycles. The van der Waals surface area contributed by atoms with Gasteiger partial charge < -0.3 is 5.32 Å². The smallest absolute Gasteiger partial charge is 0.0539 e. The van der Waals surface area contributed by atoms with Gasteiger partial charge in [0.2, 0.25) is 0 Å². The molecule has 0 amide bonds. The zero-order chi connectivity index (χ0) is 12.3. The van der Waals surface area contributed by atoms with Crippen molar-refractivity contribution in [2.45, 2.75) is 20.0 Å². The van der Waals surface area contributed by atoms with Crippen molar-refractivity contribution < 1.29 is 0 Å². The van der Waals surface area contributed by atoms with Gasteiger partial charge in [-0.25, -0.2) is 0 Å². The normalized spacial score (nSPS) is 10.5. The van der Waals surface area contributed by atoms with Gasteiger partial charge >= 0.3 is 0 Å². The predicted octanol–water partition coefficient (Wildman–Crippen LogP) is 3.93. The highest BCUT2D eigenvalue weighted by Crippen LogP contribution is 2.26. The van der Waals surface area contributed by atoms with Crippen molar-refractivity contribution >= 4 is 33.2 Å². The summed E-state index contributed by atoms with van der Waals surface area (Å²) >= 11 is 9.36. The number of nitrogens with zero attached hydrogens (tertiary/aromatic N) is 2. The van der Waals surface area contributed by atoms with Gasteiger partial charge in [0.15, 0.2) is 0 Å². The molecule has 2 aromatic rings. The lowest BCUT2D eigenvalue weighted by Gasteiger charge is -2.07. The number of anilines is 1. The second-order valence-electron chi connectivity index (χ2n) is 3.68. The first-order valence-corrected chi connectivity index (χ1v) is 6.56. The first kappa shape index (κ1) is 12.5. The summed E-state index contributed by atoms with van der Waals surface area (Å²) in [4.78, 5) is 0. The average molecular weight is 315 g/mol. The van der Waals surface area contributed by atoms with Gasteiger partial charge in [0.1, 0.15) is 0 Å². The Bertz CT molecular complexity index is 510. The molecule has 0 aliphatic rings. The van der Waals surface area contributed by atoms with Crippen molar-refractivity contribution in [1.29, 1.82) is 0 Å². The van der Waals surface area contributed by atoms with Gasteiger partial charge in [-0.3, -0.25) is 4.68 Å². The first-order valence-electron chi connectivity index (χ1n) is 5.39. The third-order valence-corrected chi connectivity index (χ3v) is 3.32. The lowest BCUT2D eigenvalue weighted by molar-refractivity contribution is 0.659. The summed E-state index contributed by atoms with van der Waals surface area (Å²) < 4.78 is 2.88. The summed E-state index contributed by atoms with van der Waals surface area (Å²) in [6, 6.07) is 5.69. The average Bonchev–Trinajstić information content (AvgIpc) is 2.76. The maximum atomic E-state index is 5.89. The summed E-state index contributed by atoms with van der Waals surface area (Å²) in [5.74, 6) is 0. The van der Waals surface area contributed by atoms with Crippen LogP contribution in [0.4, 0.5) is 5.69 Å². The van der Waals surface area contributed by atoms with Crippen LogP contribution in [0.2, 0.25) is 5.02 Å². The largest absolute Gasteiger partial charge is 0.380 e. The third kappa shape index (κ3) is 3.23. The molecule has 5 heteroatoms. The molecule has 0 fully saturated rings. The van der Waals surface area contributed by atoms with E-state index in [9.17, 15) is 0 Å². The van der Waals surface area contributed by atoms with Crippen molar-refractivity contribution in [2.75, 3.05) is 5.32 Å². The van der Waals surface area contributed by atoms with Gasteiger partial charge in [-0.1, -0.05) is 11.6 Å². The standard InChI is InChI=1S/C12H13BrClN3/c1-2-17-8-9(7-16-17)6-15-12-4-3-10(14)5-11(12)13/h3-5,7-8,15H,2,6H2,1H3.